The van der Waals surface area contributed by atoms with Crippen LogP contribution in [0.4, 0.5) is 0 Å². The summed E-state index contributed by atoms with van der Waals surface area (Å²) in [5.41, 5.74) is 1.74. The van der Waals surface area contributed by atoms with Gasteiger partial charge in [0, 0.05) is 41.4 Å². The molecule has 0 radical (unpaired) electrons. The average Bonchev–Trinajstić information content (AvgIpc) is 2.87. The molecule has 0 atom stereocenters. The van der Waals surface area contributed by atoms with Gasteiger partial charge in [0.1, 0.15) is 0 Å². The second-order valence-corrected chi connectivity index (χ2v) is 7.91. The van der Waals surface area contributed by atoms with E-state index in [-0.39, 0.29) is 5.54 Å². The third-order valence-electron chi connectivity index (χ3n) is 4.83. The van der Waals surface area contributed by atoms with Crippen molar-refractivity contribution in [2.45, 2.75) is 57.2 Å². The van der Waals surface area contributed by atoms with E-state index in [4.69, 9.17) is 0 Å². The molecule has 110 valence electrons. The van der Waals surface area contributed by atoms with E-state index in [0.717, 1.165) is 24.1 Å². The Bertz CT molecular complexity index is 463. The van der Waals surface area contributed by atoms with Crippen molar-refractivity contribution in [1.29, 1.82) is 0 Å². The van der Waals surface area contributed by atoms with Gasteiger partial charge in [-0.3, -0.25) is 9.88 Å². The van der Waals surface area contributed by atoms with Gasteiger partial charge in [0.25, 0.3) is 0 Å². The van der Waals surface area contributed by atoms with Crippen LogP contribution >= 0.6 is 15.9 Å². The Morgan fingerprint density at radius 2 is 2.05 bits per heavy atom. The minimum atomic E-state index is 0.198. The summed E-state index contributed by atoms with van der Waals surface area (Å²) >= 11 is 3.46. The maximum absolute atomic E-state index is 4.57. The topological polar surface area (TPSA) is 28.2 Å². The molecule has 1 saturated heterocycles. The van der Waals surface area contributed by atoms with Crippen molar-refractivity contribution in [3.8, 4) is 0 Å². The van der Waals surface area contributed by atoms with Crippen molar-refractivity contribution in [3.05, 3.63) is 28.5 Å². The number of halogens is 1. The van der Waals surface area contributed by atoms with Gasteiger partial charge in [0.15, 0.2) is 0 Å². The highest BCUT2D eigenvalue weighted by molar-refractivity contribution is 9.10. The van der Waals surface area contributed by atoms with Crippen LogP contribution in [0.1, 0.15) is 45.2 Å². The highest BCUT2D eigenvalue weighted by Gasteiger charge is 2.45. The molecule has 1 aliphatic carbocycles. The zero-order valence-electron chi connectivity index (χ0n) is 12.5. The number of pyridine rings is 1. The molecule has 1 aromatic heterocycles. The van der Waals surface area contributed by atoms with Gasteiger partial charge in [0.05, 0.1) is 5.69 Å². The van der Waals surface area contributed by atoms with Gasteiger partial charge in [-0.15, -0.1) is 0 Å². The Balaban J connectivity index is 1.80. The lowest BCUT2D eigenvalue weighted by molar-refractivity contribution is 0.0113. The van der Waals surface area contributed by atoms with E-state index in [0.29, 0.717) is 5.54 Å². The molecule has 2 heterocycles. The van der Waals surface area contributed by atoms with E-state index >= 15 is 0 Å². The van der Waals surface area contributed by atoms with E-state index in [1.54, 1.807) is 0 Å². The van der Waals surface area contributed by atoms with Crippen LogP contribution in [0.15, 0.2) is 22.8 Å². The first kappa shape index (κ1) is 14.5. The molecule has 0 aromatic carbocycles. The van der Waals surface area contributed by atoms with Crippen LogP contribution in [0.25, 0.3) is 0 Å². The van der Waals surface area contributed by atoms with Gasteiger partial charge >= 0.3 is 0 Å². The van der Waals surface area contributed by atoms with Gasteiger partial charge in [-0.25, -0.2) is 0 Å². The Morgan fingerprint density at radius 3 is 2.70 bits per heavy atom. The molecule has 3 nitrogen and oxygen atoms in total. The largest absolute Gasteiger partial charge is 0.309 e. The molecule has 0 amide bonds. The van der Waals surface area contributed by atoms with Crippen molar-refractivity contribution < 1.29 is 0 Å². The third-order valence-corrected chi connectivity index (χ3v) is 5.30. The Hall–Kier alpha value is -0.450. The summed E-state index contributed by atoms with van der Waals surface area (Å²) in [5, 5.41) is 3.75. The summed E-state index contributed by atoms with van der Waals surface area (Å²) < 4.78 is 1.05. The molecule has 0 bridgehead atoms. The van der Waals surface area contributed by atoms with Crippen LogP contribution in [0, 0.1) is 0 Å². The van der Waals surface area contributed by atoms with Crippen molar-refractivity contribution in [2.24, 2.45) is 0 Å². The van der Waals surface area contributed by atoms with Crippen LogP contribution in [0.5, 0.6) is 0 Å². The van der Waals surface area contributed by atoms with Gasteiger partial charge in [-0.05, 0) is 54.8 Å². The number of hydrogen-bond donors (Lipinski definition) is 1. The molecule has 2 aliphatic rings. The van der Waals surface area contributed by atoms with Gasteiger partial charge < -0.3 is 5.32 Å². The molecule has 2 fully saturated rings. The van der Waals surface area contributed by atoms with Crippen LogP contribution in [-0.2, 0) is 6.54 Å². The summed E-state index contributed by atoms with van der Waals surface area (Å²) in [7, 11) is 0. The molecule has 1 spiro atoms. The summed E-state index contributed by atoms with van der Waals surface area (Å²) in [6, 6.07) is 4.23. The van der Waals surface area contributed by atoms with Crippen molar-refractivity contribution in [2.75, 3.05) is 13.1 Å². The molecule has 3 rings (SSSR count). The zero-order valence-corrected chi connectivity index (χ0v) is 14.0. The predicted molar refractivity (Wildman–Crippen MR) is 85.6 cm³/mol. The highest BCUT2D eigenvalue weighted by atomic mass is 79.9. The summed E-state index contributed by atoms with van der Waals surface area (Å²) in [4.78, 5) is 7.25. The van der Waals surface area contributed by atoms with Crippen molar-refractivity contribution in [3.63, 3.8) is 0 Å². The molecule has 1 aliphatic heterocycles. The fraction of sp³-hybridized carbons (Fsp3) is 0.688. The minimum Gasteiger partial charge on any atom is -0.309 e. The van der Waals surface area contributed by atoms with Gasteiger partial charge in [0.2, 0.25) is 0 Å². The second-order valence-electron chi connectivity index (χ2n) is 6.99. The highest BCUT2D eigenvalue weighted by Crippen LogP contribution is 2.39. The normalized spacial score (nSPS) is 25.1. The number of aromatic nitrogens is 1. The number of piperazine rings is 1. The van der Waals surface area contributed by atoms with E-state index in [1.807, 2.05) is 6.20 Å². The summed E-state index contributed by atoms with van der Waals surface area (Å²) in [5.74, 6) is 0. The maximum Gasteiger partial charge on any atom is 0.0545 e. The summed E-state index contributed by atoms with van der Waals surface area (Å²) in [6.45, 7) is 7.80. The number of rotatable bonds is 2. The van der Waals surface area contributed by atoms with E-state index in [1.165, 1.54) is 31.4 Å². The maximum atomic E-state index is 4.57. The Morgan fingerprint density at radius 1 is 1.30 bits per heavy atom. The molecule has 20 heavy (non-hydrogen) atoms. The minimum absolute atomic E-state index is 0.198. The molecule has 0 unspecified atom stereocenters. The summed E-state index contributed by atoms with van der Waals surface area (Å²) in [6.07, 6.45) is 7.29. The van der Waals surface area contributed by atoms with Crippen LogP contribution < -0.4 is 5.32 Å². The number of hydrogen-bond acceptors (Lipinski definition) is 3. The molecular weight excluding hydrogens is 314 g/mol. The Kier molecular flexibility index (Phi) is 3.91. The smallest absolute Gasteiger partial charge is 0.0545 e. The first-order valence-electron chi connectivity index (χ1n) is 7.60. The van der Waals surface area contributed by atoms with E-state index in [9.17, 15) is 0 Å². The monoisotopic (exact) mass is 337 g/mol. The fourth-order valence-corrected chi connectivity index (χ4v) is 3.90. The lowest BCUT2D eigenvalue weighted by atomic mass is 9.87. The van der Waals surface area contributed by atoms with Gasteiger partial charge in [-0.1, -0.05) is 12.8 Å². The fourth-order valence-electron chi connectivity index (χ4n) is 3.66. The second kappa shape index (κ2) is 5.39. The van der Waals surface area contributed by atoms with Crippen molar-refractivity contribution >= 4 is 15.9 Å². The molecule has 1 saturated carbocycles. The lowest BCUT2D eigenvalue weighted by Gasteiger charge is -2.51. The number of nitrogens with one attached hydrogen (secondary N) is 1. The number of nitrogens with zero attached hydrogens (tertiary/aromatic N) is 2. The van der Waals surface area contributed by atoms with Crippen LogP contribution in [0.2, 0.25) is 0 Å². The molecule has 1 N–H and O–H groups in total. The van der Waals surface area contributed by atoms with Crippen LogP contribution in [-0.4, -0.2) is 34.1 Å². The molecule has 4 heteroatoms. The van der Waals surface area contributed by atoms with Crippen LogP contribution in [0.3, 0.4) is 0 Å². The van der Waals surface area contributed by atoms with Crippen molar-refractivity contribution in [1.82, 2.24) is 15.2 Å². The standard InChI is InChI=1S/C16H24BrN3/c1-15(2)12-20(10-14-6-5-13(17)9-18-14)16(11-19-15)7-3-4-8-16/h5-6,9,19H,3-4,7-8,10-12H2,1-2H3. The quantitative estimate of drug-likeness (QED) is 0.896. The lowest BCUT2D eigenvalue weighted by Crippen LogP contribution is -2.67. The van der Waals surface area contributed by atoms with E-state index < -0.39 is 0 Å². The van der Waals surface area contributed by atoms with Gasteiger partial charge in [-0.2, -0.15) is 0 Å². The predicted octanol–water partition coefficient (Wildman–Crippen LogP) is 3.34. The molecular formula is C16H24BrN3. The Labute approximate surface area is 130 Å². The SMILES string of the molecule is CC1(C)CN(Cc2ccc(Br)cn2)C2(CCCC2)CN1. The van der Waals surface area contributed by atoms with E-state index in [2.05, 4.69) is 57.1 Å². The third kappa shape index (κ3) is 2.92. The zero-order chi connectivity index (χ0) is 14.2. The first-order chi connectivity index (χ1) is 9.49. The molecule has 1 aromatic rings. The average molecular weight is 338 g/mol. The first-order valence-corrected chi connectivity index (χ1v) is 8.39.